The number of aromatic nitrogens is 1. The van der Waals surface area contributed by atoms with Crippen molar-refractivity contribution in [3.8, 4) is 0 Å². The van der Waals surface area contributed by atoms with Crippen LogP contribution in [0.15, 0.2) is 39.6 Å². The minimum Gasteiger partial charge on any atom is -0.310 e. The monoisotopic (exact) mass is 310 g/mol. The first-order chi connectivity index (χ1) is 8.27. The molecule has 17 heavy (non-hydrogen) atoms. The summed E-state index contributed by atoms with van der Waals surface area (Å²) >= 11 is 5.23. The van der Waals surface area contributed by atoms with E-state index in [0.29, 0.717) is 6.04 Å². The summed E-state index contributed by atoms with van der Waals surface area (Å²) < 4.78 is 1.16. The molecule has 90 valence electrons. The molecular formula is C13H15BrN2S. The van der Waals surface area contributed by atoms with Gasteiger partial charge in [0.25, 0.3) is 0 Å². The third-order valence-electron chi connectivity index (χ3n) is 2.69. The molecule has 0 radical (unpaired) electrons. The van der Waals surface area contributed by atoms with Gasteiger partial charge in [-0.1, -0.05) is 34.1 Å². The van der Waals surface area contributed by atoms with Crippen LogP contribution in [0.25, 0.3) is 0 Å². The second-order valence-corrected chi connectivity index (χ2v) is 5.50. The standard InChI is InChI=1S/C13H15BrN2S/c1-10(12-4-2-3-5-13(12)14)15-7-6-11-8-17-9-16-11/h2-5,8-10,15H,6-7H2,1H3. The molecule has 1 aromatic heterocycles. The average molecular weight is 311 g/mol. The minimum absolute atomic E-state index is 0.351. The largest absolute Gasteiger partial charge is 0.310 e. The van der Waals surface area contributed by atoms with E-state index in [-0.39, 0.29) is 0 Å². The van der Waals surface area contributed by atoms with Crippen molar-refractivity contribution in [1.29, 1.82) is 0 Å². The Labute approximate surface area is 114 Å². The van der Waals surface area contributed by atoms with Crippen LogP contribution in [0, 0.1) is 0 Å². The Balaban J connectivity index is 1.85. The third-order valence-corrected chi connectivity index (χ3v) is 4.04. The number of hydrogen-bond acceptors (Lipinski definition) is 3. The first kappa shape index (κ1) is 12.7. The van der Waals surface area contributed by atoms with E-state index in [0.717, 1.165) is 17.4 Å². The molecule has 0 saturated carbocycles. The lowest BCUT2D eigenvalue weighted by molar-refractivity contribution is 0.573. The van der Waals surface area contributed by atoms with Gasteiger partial charge in [0.15, 0.2) is 0 Å². The maximum absolute atomic E-state index is 4.27. The van der Waals surface area contributed by atoms with E-state index in [1.54, 1.807) is 11.3 Å². The van der Waals surface area contributed by atoms with Crippen molar-refractivity contribution in [3.05, 3.63) is 50.9 Å². The zero-order valence-electron chi connectivity index (χ0n) is 9.69. The molecule has 1 unspecified atom stereocenters. The van der Waals surface area contributed by atoms with E-state index >= 15 is 0 Å². The van der Waals surface area contributed by atoms with Crippen molar-refractivity contribution in [2.24, 2.45) is 0 Å². The number of thiazole rings is 1. The molecule has 4 heteroatoms. The highest BCUT2D eigenvalue weighted by Gasteiger charge is 2.07. The summed E-state index contributed by atoms with van der Waals surface area (Å²) in [5.41, 5.74) is 4.35. The van der Waals surface area contributed by atoms with Gasteiger partial charge in [0, 0.05) is 28.9 Å². The predicted octanol–water partition coefficient (Wildman–Crippen LogP) is 3.80. The van der Waals surface area contributed by atoms with Crippen LogP contribution in [-0.4, -0.2) is 11.5 Å². The lowest BCUT2D eigenvalue weighted by Gasteiger charge is -2.15. The predicted molar refractivity (Wildman–Crippen MR) is 76.4 cm³/mol. The smallest absolute Gasteiger partial charge is 0.0794 e. The molecular weight excluding hydrogens is 296 g/mol. The average Bonchev–Trinajstić information content (AvgIpc) is 2.82. The topological polar surface area (TPSA) is 24.9 Å². The lowest BCUT2D eigenvalue weighted by atomic mass is 10.1. The van der Waals surface area contributed by atoms with Crippen LogP contribution in [0.1, 0.15) is 24.2 Å². The molecule has 0 aliphatic heterocycles. The van der Waals surface area contributed by atoms with E-state index in [4.69, 9.17) is 0 Å². The molecule has 1 atom stereocenters. The fraction of sp³-hybridized carbons (Fsp3) is 0.308. The second-order valence-electron chi connectivity index (χ2n) is 3.93. The van der Waals surface area contributed by atoms with Crippen molar-refractivity contribution in [1.82, 2.24) is 10.3 Å². The number of rotatable bonds is 5. The van der Waals surface area contributed by atoms with Crippen LogP contribution < -0.4 is 5.32 Å². The van der Waals surface area contributed by atoms with Gasteiger partial charge in [-0.05, 0) is 18.6 Å². The summed E-state index contributed by atoms with van der Waals surface area (Å²) in [5.74, 6) is 0. The third kappa shape index (κ3) is 3.63. The molecule has 2 rings (SSSR count). The van der Waals surface area contributed by atoms with E-state index in [1.165, 1.54) is 11.3 Å². The van der Waals surface area contributed by atoms with Crippen LogP contribution in [0.3, 0.4) is 0 Å². The Kier molecular flexibility index (Phi) is 4.71. The highest BCUT2D eigenvalue weighted by Crippen LogP contribution is 2.22. The molecule has 0 bridgehead atoms. The van der Waals surface area contributed by atoms with Gasteiger partial charge in [0.05, 0.1) is 11.2 Å². The van der Waals surface area contributed by atoms with Gasteiger partial charge in [-0.3, -0.25) is 0 Å². The zero-order chi connectivity index (χ0) is 12.1. The van der Waals surface area contributed by atoms with Gasteiger partial charge < -0.3 is 5.32 Å². The highest BCUT2D eigenvalue weighted by molar-refractivity contribution is 9.10. The summed E-state index contributed by atoms with van der Waals surface area (Å²) in [7, 11) is 0. The van der Waals surface area contributed by atoms with Gasteiger partial charge in [0.1, 0.15) is 0 Å². The molecule has 1 heterocycles. The Hall–Kier alpha value is -0.710. The Morgan fingerprint density at radius 3 is 2.94 bits per heavy atom. The molecule has 0 spiro atoms. The molecule has 2 nitrogen and oxygen atoms in total. The summed E-state index contributed by atoms with van der Waals surface area (Å²) in [6, 6.07) is 8.68. The van der Waals surface area contributed by atoms with E-state index in [2.05, 4.69) is 56.7 Å². The first-order valence-electron chi connectivity index (χ1n) is 5.62. The summed E-state index contributed by atoms with van der Waals surface area (Å²) in [6.45, 7) is 3.13. The number of nitrogens with one attached hydrogen (secondary N) is 1. The van der Waals surface area contributed by atoms with Gasteiger partial charge in [0.2, 0.25) is 0 Å². The zero-order valence-corrected chi connectivity index (χ0v) is 12.1. The molecule has 0 saturated heterocycles. The molecule has 1 aromatic carbocycles. The fourth-order valence-electron chi connectivity index (χ4n) is 1.71. The molecule has 0 fully saturated rings. The second kappa shape index (κ2) is 6.28. The molecule has 0 aliphatic rings. The van der Waals surface area contributed by atoms with Gasteiger partial charge >= 0.3 is 0 Å². The summed E-state index contributed by atoms with van der Waals surface area (Å²) in [6.07, 6.45) is 0.984. The summed E-state index contributed by atoms with van der Waals surface area (Å²) in [5, 5.41) is 5.61. The number of hydrogen-bond donors (Lipinski definition) is 1. The van der Waals surface area contributed by atoms with E-state index in [9.17, 15) is 0 Å². The summed E-state index contributed by atoms with van der Waals surface area (Å²) in [4.78, 5) is 4.27. The minimum atomic E-state index is 0.351. The van der Waals surface area contributed by atoms with Gasteiger partial charge in [-0.25, -0.2) is 4.98 Å². The number of nitrogens with zero attached hydrogens (tertiary/aromatic N) is 1. The Bertz CT molecular complexity index is 456. The highest BCUT2D eigenvalue weighted by atomic mass is 79.9. The van der Waals surface area contributed by atoms with Crippen molar-refractivity contribution < 1.29 is 0 Å². The molecule has 1 N–H and O–H groups in total. The van der Waals surface area contributed by atoms with Crippen LogP contribution in [-0.2, 0) is 6.42 Å². The molecule has 0 amide bonds. The first-order valence-corrected chi connectivity index (χ1v) is 7.36. The van der Waals surface area contributed by atoms with Crippen LogP contribution >= 0.6 is 27.3 Å². The lowest BCUT2D eigenvalue weighted by Crippen LogP contribution is -2.21. The number of halogens is 1. The Morgan fingerprint density at radius 1 is 1.41 bits per heavy atom. The van der Waals surface area contributed by atoms with Crippen LogP contribution in [0.4, 0.5) is 0 Å². The fourth-order valence-corrected chi connectivity index (χ4v) is 2.94. The van der Waals surface area contributed by atoms with Crippen LogP contribution in [0.2, 0.25) is 0 Å². The molecule has 0 aliphatic carbocycles. The quantitative estimate of drug-likeness (QED) is 0.908. The van der Waals surface area contributed by atoms with Gasteiger partial charge in [-0.2, -0.15) is 0 Å². The maximum atomic E-state index is 4.27. The normalized spacial score (nSPS) is 12.6. The van der Waals surface area contributed by atoms with Crippen molar-refractivity contribution in [3.63, 3.8) is 0 Å². The maximum Gasteiger partial charge on any atom is 0.0794 e. The van der Waals surface area contributed by atoms with E-state index < -0.39 is 0 Å². The van der Waals surface area contributed by atoms with E-state index in [1.807, 2.05) is 11.6 Å². The van der Waals surface area contributed by atoms with Gasteiger partial charge in [-0.15, -0.1) is 11.3 Å². The van der Waals surface area contributed by atoms with Crippen LogP contribution in [0.5, 0.6) is 0 Å². The number of benzene rings is 1. The Morgan fingerprint density at radius 2 is 2.24 bits per heavy atom. The SMILES string of the molecule is CC(NCCc1cscn1)c1ccccc1Br. The van der Waals surface area contributed by atoms with Crippen molar-refractivity contribution >= 4 is 27.3 Å². The van der Waals surface area contributed by atoms with Crippen molar-refractivity contribution in [2.75, 3.05) is 6.54 Å². The van der Waals surface area contributed by atoms with Crippen molar-refractivity contribution in [2.45, 2.75) is 19.4 Å². The molecule has 2 aromatic rings.